The minimum atomic E-state index is -0.570. The standard InChI is InChI=1S/C24H33FN4OS/c1-20(2)24(19-26,22-7-4-17-31-22)9-5-10-28-11-13-29(14-12-28)15-16-30-23-8-3-6-21(18-25)27-23/h3-4,6-8,17,20H,5,9-16,18H2,1-2H3. The minimum Gasteiger partial charge on any atom is -0.476 e. The summed E-state index contributed by atoms with van der Waals surface area (Å²) < 4.78 is 18.4. The van der Waals surface area contributed by atoms with Gasteiger partial charge >= 0.3 is 0 Å². The van der Waals surface area contributed by atoms with E-state index in [1.807, 2.05) is 6.07 Å². The van der Waals surface area contributed by atoms with E-state index in [2.05, 4.69) is 46.1 Å². The van der Waals surface area contributed by atoms with Gasteiger partial charge in [-0.1, -0.05) is 26.0 Å². The first-order valence-corrected chi connectivity index (χ1v) is 12.0. The molecular formula is C24H33FN4OS. The zero-order chi connectivity index (χ0) is 22.1. The van der Waals surface area contributed by atoms with Gasteiger partial charge < -0.3 is 9.64 Å². The molecule has 0 aromatic carbocycles. The maximum atomic E-state index is 12.7. The summed E-state index contributed by atoms with van der Waals surface area (Å²) in [6, 6.07) is 12.0. The number of ether oxygens (including phenoxy) is 1. The van der Waals surface area contributed by atoms with Gasteiger partial charge in [0.05, 0.1) is 17.2 Å². The van der Waals surface area contributed by atoms with Crippen LogP contribution in [0.15, 0.2) is 35.7 Å². The van der Waals surface area contributed by atoms with Crippen molar-refractivity contribution in [1.29, 1.82) is 5.26 Å². The van der Waals surface area contributed by atoms with Crippen molar-refractivity contribution < 1.29 is 9.13 Å². The van der Waals surface area contributed by atoms with Crippen LogP contribution in [0.4, 0.5) is 4.39 Å². The Hall–Kier alpha value is -2.01. The molecule has 2 aromatic heterocycles. The van der Waals surface area contributed by atoms with E-state index < -0.39 is 6.67 Å². The zero-order valence-electron chi connectivity index (χ0n) is 18.6. The molecule has 1 atom stereocenters. The number of halogens is 1. The van der Waals surface area contributed by atoms with Gasteiger partial charge in [-0.2, -0.15) is 5.26 Å². The third-order valence-electron chi connectivity index (χ3n) is 6.23. The molecule has 168 valence electrons. The number of hydrogen-bond donors (Lipinski definition) is 0. The predicted molar refractivity (Wildman–Crippen MR) is 123 cm³/mol. The average molecular weight is 445 g/mol. The summed E-state index contributed by atoms with van der Waals surface area (Å²) in [5.74, 6) is 0.791. The molecule has 0 radical (unpaired) electrons. The van der Waals surface area contributed by atoms with Gasteiger partial charge in [-0.05, 0) is 42.8 Å². The van der Waals surface area contributed by atoms with Gasteiger partial charge in [-0.25, -0.2) is 9.37 Å². The van der Waals surface area contributed by atoms with Crippen LogP contribution in [0.2, 0.25) is 0 Å². The van der Waals surface area contributed by atoms with Crippen molar-refractivity contribution >= 4 is 11.3 Å². The van der Waals surface area contributed by atoms with Crippen LogP contribution in [0.1, 0.15) is 37.3 Å². The monoisotopic (exact) mass is 444 g/mol. The summed E-state index contributed by atoms with van der Waals surface area (Å²) in [5, 5.41) is 12.1. The number of rotatable bonds is 11. The van der Waals surface area contributed by atoms with E-state index in [4.69, 9.17) is 4.74 Å². The number of thiophene rings is 1. The Morgan fingerprint density at radius 2 is 1.90 bits per heavy atom. The highest BCUT2D eigenvalue weighted by atomic mass is 32.1. The quantitative estimate of drug-likeness (QED) is 0.511. The molecule has 1 saturated heterocycles. The second-order valence-electron chi connectivity index (χ2n) is 8.45. The van der Waals surface area contributed by atoms with Crippen LogP contribution in [0, 0.1) is 17.2 Å². The molecule has 0 bridgehead atoms. The highest BCUT2D eigenvalue weighted by Crippen LogP contribution is 2.39. The molecule has 7 heteroatoms. The number of alkyl halides is 1. The molecule has 0 saturated carbocycles. The summed E-state index contributed by atoms with van der Waals surface area (Å²) in [4.78, 5) is 10.2. The Morgan fingerprint density at radius 1 is 1.16 bits per heavy atom. The van der Waals surface area contributed by atoms with Gasteiger partial charge in [0.25, 0.3) is 0 Å². The molecule has 5 nitrogen and oxygen atoms in total. The lowest BCUT2D eigenvalue weighted by Gasteiger charge is -2.35. The number of aromatic nitrogens is 1. The maximum Gasteiger partial charge on any atom is 0.213 e. The van der Waals surface area contributed by atoms with E-state index in [-0.39, 0.29) is 5.41 Å². The van der Waals surface area contributed by atoms with E-state index in [0.717, 1.165) is 52.1 Å². The Labute approximate surface area is 189 Å². The molecule has 3 heterocycles. The Bertz CT molecular complexity index is 830. The summed E-state index contributed by atoms with van der Waals surface area (Å²) in [6.45, 7) is 10.3. The number of nitrogens with zero attached hydrogens (tertiary/aromatic N) is 4. The second-order valence-corrected chi connectivity index (χ2v) is 9.40. The Morgan fingerprint density at radius 3 is 2.52 bits per heavy atom. The van der Waals surface area contributed by atoms with Crippen molar-refractivity contribution in [2.75, 3.05) is 45.9 Å². The Kier molecular flexibility index (Phi) is 8.82. The first kappa shape index (κ1) is 23.6. The fraction of sp³-hybridized carbons (Fsp3) is 0.583. The summed E-state index contributed by atoms with van der Waals surface area (Å²) in [7, 11) is 0. The third-order valence-corrected chi connectivity index (χ3v) is 7.28. The maximum absolute atomic E-state index is 12.7. The highest BCUT2D eigenvalue weighted by molar-refractivity contribution is 7.10. The molecule has 0 spiro atoms. The summed E-state index contributed by atoms with van der Waals surface area (Å²) in [5.41, 5.74) is 0.0314. The molecular weight excluding hydrogens is 411 g/mol. The lowest BCUT2D eigenvalue weighted by atomic mass is 9.73. The third kappa shape index (κ3) is 6.25. The molecule has 1 unspecified atom stereocenters. The second kappa shape index (κ2) is 11.6. The van der Waals surface area contributed by atoms with Crippen LogP contribution in [-0.2, 0) is 12.1 Å². The van der Waals surface area contributed by atoms with Crippen LogP contribution in [-0.4, -0.2) is 60.7 Å². The van der Waals surface area contributed by atoms with Crippen molar-refractivity contribution in [2.45, 2.75) is 38.8 Å². The smallest absolute Gasteiger partial charge is 0.213 e. The molecule has 0 aliphatic carbocycles. The molecule has 3 rings (SSSR count). The van der Waals surface area contributed by atoms with Crippen LogP contribution >= 0.6 is 11.3 Å². The van der Waals surface area contributed by atoms with Crippen molar-refractivity contribution in [1.82, 2.24) is 14.8 Å². The van der Waals surface area contributed by atoms with Crippen molar-refractivity contribution in [3.63, 3.8) is 0 Å². The van der Waals surface area contributed by atoms with Gasteiger partial charge in [-0.3, -0.25) is 4.90 Å². The SMILES string of the molecule is CC(C)C(C#N)(CCCN1CCN(CCOc2cccc(CF)n2)CC1)c1cccs1. The van der Waals surface area contributed by atoms with E-state index in [0.29, 0.717) is 24.1 Å². The first-order valence-electron chi connectivity index (χ1n) is 11.1. The lowest BCUT2D eigenvalue weighted by Crippen LogP contribution is -2.47. The van der Waals surface area contributed by atoms with Crippen LogP contribution in [0.3, 0.4) is 0 Å². The Balaban J connectivity index is 1.37. The number of hydrogen-bond acceptors (Lipinski definition) is 6. The van der Waals surface area contributed by atoms with Gasteiger partial charge in [0.15, 0.2) is 0 Å². The van der Waals surface area contributed by atoms with Crippen LogP contribution in [0.5, 0.6) is 5.88 Å². The van der Waals surface area contributed by atoms with E-state index in [9.17, 15) is 9.65 Å². The largest absolute Gasteiger partial charge is 0.476 e. The number of nitriles is 1. The molecule has 1 aliphatic heterocycles. The van der Waals surface area contributed by atoms with Gasteiger partial charge in [0.1, 0.15) is 13.3 Å². The minimum absolute atomic E-state index is 0.299. The van der Waals surface area contributed by atoms with Gasteiger partial charge in [0, 0.05) is 43.7 Å². The lowest BCUT2D eigenvalue weighted by molar-refractivity contribution is 0.113. The van der Waals surface area contributed by atoms with Crippen molar-refractivity contribution in [3.8, 4) is 11.9 Å². The fourth-order valence-electron chi connectivity index (χ4n) is 4.18. The highest BCUT2D eigenvalue weighted by Gasteiger charge is 2.36. The zero-order valence-corrected chi connectivity index (χ0v) is 19.4. The molecule has 0 amide bonds. The fourth-order valence-corrected chi connectivity index (χ4v) is 5.23. The molecule has 1 aliphatic rings. The van der Waals surface area contributed by atoms with Gasteiger partial charge in [-0.15, -0.1) is 11.3 Å². The molecule has 0 N–H and O–H groups in total. The molecule has 2 aromatic rings. The van der Waals surface area contributed by atoms with Crippen LogP contribution < -0.4 is 4.74 Å². The van der Waals surface area contributed by atoms with E-state index in [1.54, 1.807) is 29.5 Å². The number of piperazine rings is 1. The van der Waals surface area contributed by atoms with E-state index in [1.165, 1.54) is 4.88 Å². The summed E-state index contributed by atoms with van der Waals surface area (Å²) in [6.07, 6.45) is 1.93. The van der Waals surface area contributed by atoms with E-state index >= 15 is 0 Å². The molecule has 1 fully saturated rings. The normalized spacial score (nSPS) is 17.4. The topological polar surface area (TPSA) is 52.4 Å². The predicted octanol–water partition coefficient (Wildman–Crippen LogP) is 4.51. The summed E-state index contributed by atoms with van der Waals surface area (Å²) >= 11 is 1.70. The molecule has 31 heavy (non-hydrogen) atoms. The average Bonchev–Trinajstić information content (AvgIpc) is 3.33. The number of pyridine rings is 1. The van der Waals surface area contributed by atoms with Crippen molar-refractivity contribution in [2.24, 2.45) is 5.92 Å². The first-order chi connectivity index (χ1) is 15.1. The van der Waals surface area contributed by atoms with Crippen molar-refractivity contribution in [3.05, 3.63) is 46.3 Å². The van der Waals surface area contributed by atoms with Gasteiger partial charge in [0.2, 0.25) is 5.88 Å². The van der Waals surface area contributed by atoms with Crippen LogP contribution in [0.25, 0.3) is 0 Å².